The van der Waals surface area contributed by atoms with Crippen LogP contribution < -0.4 is 11.1 Å². The van der Waals surface area contributed by atoms with Gasteiger partial charge in [-0.15, -0.1) is 0 Å². The number of primary amides is 1. The Bertz CT molecular complexity index is 1230. The molecule has 180 valence electrons. The van der Waals surface area contributed by atoms with E-state index < -0.39 is 52.0 Å². The number of ketones is 2. The number of amides is 2. The van der Waals surface area contributed by atoms with Crippen LogP contribution in [-0.4, -0.2) is 49.4 Å². The van der Waals surface area contributed by atoms with E-state index in [0.29, 0.717) is 17.5 Å². The second-order valence-electron chi connectivity index (χ2n) is 9.07. The van der Waals surface area contributed by atoms with E-state index in [1.807, 2.05) is 6.92 Å². The molecule has 4 rings (SSSR count). The van der Waals surface area contributed by atoms with Crippen LogP contribution >= 0.6 is 0 Å². The molecule has 0 spiro atoms. The first-order valence-electron chi connectivity index (χ1n) is 11.0. The number of benzene rings is 1. The Morgan fingerprint density at radius 1 is 1.18 bits per heavy atom. The average Bonchev–Trinajstić information content (AvgIpc) is 2.75. The van der Waals surface area contributed by atoms with Crippen LogP contribution in [0.25, 0.3) is 5.76 Å². The number of aryl methyl sites for hydroxylation is 1. The maximum atomic E-state index is 13.5. The molecule has 0 aromatic heterocycles. The van der Waals surface area contributed by atoms with Crippen LogP contribution in [0.1, 0.15) is 48.9 Å². The summed E-state index contributed by atoms with van der Waals surface area (Å²) in [7, 11) is 0. The number of Topliss-reactive ketones (excluding diaryl/α,β-unsaturated/α-hetero) is 2. The minimum absolute atomic E-state index is 0.00105. The van der Waals surface area contributed by atoms with Gasteiger partial charge in [-0.2, -0.15) is 0 Å². The van der Waals surface area contributed by atoms with Gasteiger partial charge in [0.15, 0.2) is 11.4 Å². The number of aliphatic hydroxyl groups is 3. The summed E-state index contributed by atoms with van der Waals surface area (Å²) in [6.07, 6.45) is 0.534. The summed E-state index contributed by atoms with van der Waals surface area (Å²) in [6, 6.07) is 1.74. The molecule has 3 aliphatic carbocycles. The Balaban J connectivity index is 1.91. The molecule has 1 aromatic carbocycles. The lowest BCUT2D eigenvalue weighted by Gasteiger charge is -2.46. The summed E-state index contributed by atoms with van der Waals surface area (Å²) >= 11 is 0. The Kier molecular flexibility index (Phi) is 5.52. The third kappa shape index (κ3) is 3.20. The molecule has 0 aliphatic heterocycles. The van der Waals surface area contributed by atoms with Gasteiger partial charge in [-0.25, -0.2) is 0 Å². The van der Waals surface area contributed by atoms with Crippen molar-refractivity contribution in [1.82, 2.24) is 5.32 Å². The van der Waals surface area contributed by atoms with E-state index >= 15 is 0 Å². The molecule has 3 atom stereocenters. The van der Waals surface area contributed by atoms with Crippen molar-refractivity contribution in [1.29, 1.82) is 0 Å². The number of hydrogen-bond donors (Lipinski definition) is 6. The predicted octanol–water partition coefficient (Wildman–Crippen LogP) is 0.622. The van der Waals surface area contributed by atoms with Crippen LogP contribution in [0.2, 0.25) is 0 Å². The topological polar surface area (TPSA) is 187 Å². The lowest BCUT2D eigenvalue weighted by molar-refractivity contribution is -0.147. The average molecular weight is 470 g/mol. The molecule has 10 heteroatoms. The van der Waals surface area contributed by atoms with Crippen molar-refractivity contribution in [2.45, 2.75) is 51.7 Å². The number of carbonyl (C=O) groups excluding carboxylic acids is 4. The van der Waals surface area contributed by atoms with E-state index in [0.717, 1.165) is 5.56 Å². The number of fused-ring (bicyclic) bond motifs is 3. The smallest absolute Gasteiger partial charge is 0.255 e. The molecule has 0 heterocycles. The fourth-order valence-corrected chi connectivity index (χ4v) is 5.50. The van der Waals surface area contributed by atoms with E-state index in [-0.39, 0.29) is 48.6 Å². The number of nitrogens with one attached hydrogen (secondary N) is 1. The number of aromatic hydroxyl groups is 1. The number of phenols is 1. The van der Waals surface area contributed by atoms with Gasteiger partial charge in [0.25, 0.3) is 5.91 Å². The third-order valence-electron chi connectivity index (χ3n) is 7.14. The number of nitrogens with two attached hydrogens (primary N) is 1. The van der Waals surface area contributed by atoms with Gasteiger partial charge in [0.2, 0.25) is 11.7 Å². The maximum absolute atomic E-state index is 13.5. The molecular weight excluding hydrogens is 444 g/mol. The Hall–Kier alpha value is -3.66. The van der Waals surface area contributed by atoms with Crippen LogP contribution in [0.5, 0.6) is 5.75 Å². The second kappa shape index (κ2) is 7.98. The predicted molar refractivity (Wildman–Crippen MR) is 118 cm³/mol. The summed E-state index contributed by atoms with van der Waals surface area (Å²) in [4.78, 5) is 49.0. The van der Waals surface area contributed by atoms with Crippen LogP contribution in [0.3, 0.4) is 0 Å². The van der Waals surface area contributed by atoms with Gasteiger partial charge < -0.3 is 31.5 Å². The van der Waals surface area contributed by atoms with E-state index in [2.05, 4.69) is 5.32 Å². The van der Waals surface area contributed by atoms with Crippen molar-refractivity contribution >= 4 is 29.1 Å². The molecule has 1 saturated carbocycles. The van der Waals surface area contributed by atoms with Gasteiger partial charge in [0, 0.05) is 36.9 Å². The summed E-state index contributed by atoms with van der Waals surface area (Å²) in [6.45, 7) is 3.22. The standard InChI is InChI=1S/C24H26N2O8/c1-3-10-4-12(8-26-9(2)27)19(29)17-14(10)6-11-5-13-7-15(28)18(23(25)33)22(32)24(13,34)21(31)16(11)20(17)30/h4,11,13,29-30,32,34H,3,5-8H2,1-2H3,(H2,25,33)(H,26,27). The molecule has 10 nitrogen and oxygen atoms in total. The first kappa shape index (κ1) is 23.5. The van der Waals surface area contributed by atoms with Gasteiger partial charge in [-0.3, -0.25) is 19.2 Å². The van der Waals surface area contributed by atoms with Crippen molar-refractivity contribution < 1.29 is 39.6 Å². The first-order chi connectivity index (χ1) is 15.9. The molecule has 2 amide bonds. The largest absolute Gasteiger partial charge is 0.508 e. The van der Waals surface area contributed by atoms with Crippen molar-refractivity contribution in [3.05, 3.63) is 45.2 Å². The summed E-state index contributed by atoms with van der Waals surface area (Å²) < 4.78 is 0. The summed E-state index contributed by atoms with van der Waals surface area (Å²) in [5, 5.41) is 46.6. The van der Waals surface area contributed by atoms with Gasteiger partial charge in [-0.1, -0.05) is 13.0 Å². The molecule has 1 aromatic rings. The van der Waals surface area contributed by atoms with Crippen molar-refractivity contribution in [2.75, 3.05) is 0 Å². The zero-order valence-electron chi connectivity index (χ0n) is 18.8. The molecule has 1 fully saturated rings. The molecule has 0 saturated heterocycles. The maximum Gasteiger partial charge on any atom is 0.255 e. The van der Waals surface area contributed by atoms with Gasteiger partial charge in [0.05, 0.1) is 5.56 Å². The van der Waals surface area contributed by atoms with Crippen molar-refractivity contribution in [2.24, 2.45) is 17.6 Å². The number of carbonyl (C=O) groups is 4. The van der Waals surface area contributed by atoms with E-state index in [1.54, 1.807) is 6.07 Å². The van der Waals surface area contributed by atoms with Crippen molar-refractivity contribution in [3.63, 3.8) is 0 Å². The fourth-order valence-electron chi connectivity index (χ4n) is 5.50. The molecule has 7 N–H and O–H groups in total. The number of phenolic OH excluding ortho intramolecular Hbond substituents is 1. The second-order valence-corrected chi connectivity index (χ2v) is 9.07. The minimum Gasteiger partial charge on any atom is -0.508 e. The van der Waals surface area contributed by atoms with E-state index in [1.165, 1.54) is 6.92 Å². The van der Waals surface area contributed by atoms with Gasteiger partial charge in [-0.05, 0) is 36.3 Å². The quantitative estimate of drug-likeness (QED) is 0.345. The van der Waals surface area contributed by atoms with Crippen LogP contribution in [0.4, 0.5) is 0 Å². The SMILES string of the molecule is CCc1cc(CNC(C)=O)c(O)c2c1CC1CC3CC(=O)C(C(N)=O)=C(O)C3(O)C(=O)C1=C2O. The molecule has 34 heavy (non-hydrogen) atoms. The van der Waals surface area contributed by atoms with Crippen LogP contribution in [0, 0.1) is 11.8 Å². The van der Waals surface area contributed by atoms with E-state index in [9.17, 15) is 39.6 Å². The fraction of sp³-hybridized carbons (Fsp3) is 0.417. The van der Waals surface area contributed by atoms with Crippen molar-refractivity contribution in [3.8, 4) is 5.75 Å². The molecule has 0 radical (unpaired) electrons. The minimum atomic E-state index is -2.59. The molecule has 0 bridgehead atoms. The van der Waals surface area contributed by atoms with Crippen LogP contribution in [0.15, 0.2) is 23.0 Å². The van der Waals surface area contributed by atoms with Gasteiger partial charge >= 0.3 is 0 Å². The Labute approximate surface area is 194 Å². The Morgan fingerprint density at radius 2 is 1.85 bits per heavy atom. The Morgan fingerprint density at radius 3 is 2.44 bits per heavy atom. The molecule has 3 aliphatic rings. The highest BCUT2D eigenvalue weighted by atomic mass is 16.3. The highest BCUT2D eigenvalue weighted by Crippen LogP contribution is 2.52. The van der Waals surface area contributed by atoms with Gasteiger partial charge in [0.1, 0.15) is 22.8 Å². The lowest BCUT2D eigenvalue weighted by atomic mass is 9.59. The zero-order chi connectivity index (χ0) is 25.1. The summed E-state index contributed by atoms with van der Waals surface area (Å²) in [5.41, 5.74) is 3.41. The third-order valence-corrected chi connectivity index (χ3v) is 7.14. The number of aliphatic hydroxyl groups excluding tert-OH is 2. The lowest BCUT2D eigenvalue weighted by Crippen LogP contribution is -2.58. The highest BCUT2D eigenvalue weighted by molar-refractivity contribution is 6.22. The van der Waals surface area contributed by atoms with E-state index in [4.69, 9.17) is 5.73 Å². The molecular formula is C24H26N2O8. The van der Waals surface area contributed by atoms with Crippen LogP contribution in [-0.2, 0) is 38.6 Å². The molecule has 3 unspecified atom stereocenters. The zero-order valence-corrected chi connectivity index (χ0v) is 18.8. The number of rotatable bonds is 4. The number of hydrogen-bond acceptors (Lipinski definition) is 8. The normalized spacial score (nSPS) is 26.1. The summed E-state index contributed by atoms with van der Waals surface area (Å²) in [5.74, 6) is -6.89. The monoisotopic (exact) mass is 470 g/mol. The highest BCUT2D eigenvalue weighted by Gasteiger charge is 2.60. The first-order valence-corrected chi connectivity index (χ1v) is 11.0.